The minimum Gasteiger partial charge on any atom is -0.507 e. The molecule has 1 aromatic carbocycles. The first kappa shape index (κ1) is 21.0. The molecule has 1 aromatic rings. The monoisotopic (exact) mass is 360 g/mol. The molecule has 0 heterocycles. The van der Waals surface area contributed by atoms with Crippen LogP contribution in [-0.4, -0.2) is 32.4 Å². The summed E-state index contributed by atoms with van der Waals surface area (Å²) in [6, 6.07) is 1.14. The van der Waals surface area contributed by atoms with E-state index in [-0.39, 0.29) is 23.3 Å². The summed E-state index contributed by atoms with van der Waals surface area (Å²) in [7, 11) is 0. The zero-order valence-corrected chi connectivity index (χ0v) is 15.1. The van der Waals surface area contributed by atoms with Crippen LogP contribution in [0, 0.1) is 0 Å². The summed E-state index contributed by atoms with van der Waals surface area (Å²) >= 11 is 0. The third kappa shape index (κ3) is 6.12. The average Bonchev–Trinajstić information content (AvgIpc) is 2.51. The molecule has 140 valence electrons. The Morgan fingerprint density at radius 3 is 2.27 bits per heavy atom. The number of carbonyl (C=O) groups is 2. The van der Waals surface area contributed by atoms with E-state index in [1.54, 1.807) is 0 Å². The molecule has 0 saturated heterocycles. The van der Waals surface area contributed by atoms with Crippen molar-refractivity contribution in [3.8, 4) is 11.5 Å². The maximum absolute atomic E-state index is 11.4. The molecule has 0 atom stereocenters. The van der Waals surface area contributed by atoms with Gasteiger partial charge in [-0.25, -0.2) is 9.59 Å². The van der Waals surface area contributed by atoms with E-state index in [1.165, 1.54) is 5.57 Å². The van der Waals surface area contributed by atoms with E-state index in [0.29, 0.717) is 0 Å². The third-order valence-corrected chi connectivity index (χ3v) is 3.78. The molecule has 0 fully saturated rings. The van der Waals surface area contributed by atoms with Crippen molar-refractivity contribution in [2.45, 2.75) is 40.0 Å². The molecule has 26 heavy (non-hydrogen) atoms. The van der Waals surface area contributed by atoms with Gasteiger partial charge >= 0.3 is 11.9 Å². The fourth-order valence-electron chi connectivity index (χ4n) is 2.40. The van der Waals surface area contributed by atoms with E-state index in [1.807, 2.05) is 26.8 Å². The summed E-state index contributed by atoms with van der Waals surface area (Å²) in [6.07, 6.45) is 7.56. The summed E-state index contributed by atoms with van der Waals surface area (Å²) < 4.78 is 0. The van der Waals surface area contributed by atoms with Crippen molar-refractivity contribution in [1.29, 1.82) is 0 Å². The Bertz CT molecular complexity index is 780. The topological polar surface area (TPSA) is 115 Å². The summed E-state index contributed by atoms with van der Waals surface area (Å²) in [4.78, 5) is 22.1. The van der Waals surface area contributed by atoms with E-state index >= 15 is 0 Å². The average molecular weight is 360 g/mol. The lowest BCUT2D eigenvalue weighted by Crippen LogP contribution is -2.03. The molecule has 0 aromatic heterocycles. The van der Waals surface area contributed by atoms with Gasteiger partial charge in [0, 0.05) is 11.6 Å². The quantitative estimate of drug-likeness (QED) is 0.409. The number of hydrogen-bond acceptors (Lipinski definition) is 4. The molecule has 1 rings (SSSR count). The van der Waals surface area contributed by atoms with Crippen molar-refractivity contribution in [3.63, 3.8) is 0 Å². The van der Waals surface area contributed by atoms with Crippen molar-refractivity contribution in [2.24, 2.45) is 0 Å². The summed E-state index contributed by atoms with van der Waals surface area (Å²) in [5.41, 5.74) is 1.85. The molecule has 0 bridgehead atoms. The molecule has 0 spiro atoms. The number of carboxylic acid groups (broad SMARTS) is 2. The maximum Gasteiger partial charge on any atom is 0.340 e. The van der Waals surface area contributed by atoms with Gasteiger partial charge in [-0.15, -0.1) is 0 Å². The van der Waals surface area contributed by atoms with Crippen LogP contribution in [-0.2, 0) is 11.2 Å². The normalized spacial score (nSPS) is 11.6. The molecule has 0 radical (unpaired) electrons. The molecule has 4 N–H and O–H groups in total. The molecule has 6 heteroatoms. The van der Waals surface area contributed by atoms with Crippen LogP contribution >= 0.6 is 0 Å². The maximum atomic E-state index is 11.4. The Morgan fingerprint density at radius 2 is 1.73 bits per heavy atom. The van der Waals surface area contributed by atoms with E-state index < -0.39 is 23.3 Å². The van der Waals surface area contributed by atoms with Gasteiger partial charge in [0.1, 0.15) is 17.1 Å². The predicted molar refractivity (Wildman–Crippen MR) is 99.5 cm³/mol. The van der Waals surface area contributed by atoms with Crippen LogP contribution in [0.25, 0.3) is 6.08 Å². The van der Waals surface area contributed by atoms with Crippen molar-refractivity contribution >= 4 is 18.0 Å². The second-order valence-electron chi connectivity index (χ2n) is 6.24. The lowest BCUT2D eigenvalue weighted by atomic mass is 9.97. The van der Waals surface area contributed by atoms with E-state index in [2.05, 4.69) is 6.08 Å². The van der Waals surface area contributed by atoms with Crippen LogP contribution in [0.4, 0.5) is 0 Å². The first-order valence-electron chi connectivity index (χ1n) is 8.14. The lowest BCUT2D eigenvalue weighted by molar-refractivity contribution is -0.131. The number of carboxylic acids is 2. The largest absolute Gasteiger partial charge is 0.507 e. The molecule has 0 amide bonds. The Hall–Kier alpha value is -3.02. The number of hydrogen-bond donors (Lipinski definition) is 4. The van der Waals surface area contributed by atoms with Crippen molar-refractivity contribution in [1.82, 2.24) is 0 Å². The molecule has 0 saturated carbocycles. The number of aliphatic carboxylic acids is 1. The van der Waals surface area contributed by atoms with E-state index in [4.69, 9.17) is 5.11 Å². The van der Waals surface area contributed by atoms with Crippen molar-refractivity contribution in [2.75, 3.05) is 0 Å². The Kier molecular flexibility index (Phi) is 7.65. The minimum absolute atomic E-state index is 0.0806. The van der Waals surface area contributed by atoms with Crippen molar-refractivity contribution in [3.05, 3.63) is 52.1 Å². The standard InChI is InChI=1S/C20H24O6/c1-12(2)5-4-6-13(3)7-9-15-16(21)11-14(8-10-17(22)23)18(19(15)24)20(25)26/h5,7-8,10-11,21,24H,4,6,9H2,1-3H3,(H,22,23)(H,25,26)/b10-8+,13-7+. The first-order valence-corrected chi connectivity index (χ1v) is 8.14. The zero-order chi connectivity index (χ0) is 19.9. The van der Waals surface area contributed by atoms with Gasteiger partial charge in [0.15, 0.2) is 0 Å². The third-order valence-electron chi connectivity index (χ3n) is 3.78. The lowest BCUT2D eigenvalue weighted by Gasteiger charge is -2.12. The highest BCUT2D eigenvalue weighted by Crippen LogP contribution is 2.35. The van der Waals surface area contributed by atoms with E-state index in [9.17, 15) is 24.9 Å². The number of aromatic carboxylic acids is 1. The highest BCUT2D eigenvalue weighted by Gasteiger charge is 2.20. The van der Waals surface area contributed by atoms with Crippen LogP contribution in [0.1, 0.15) is 55.1 Å². The van der Waals surface area contributed by atoms with E-state index in [0.717, 1.165) is 36.6 Å². The van der Waals surface area contributed by atoms with Gasteiger partial charge in [0.2, 0.25) is 0 Å². The van der Waals surface area contributed by atoms with Crippen LogP contribution < -0.4 is 0 Å². The number of aromatic hydroxyl groups is 2. The molecule has 0 aliphatic heterocycles. The molecular formula is C20H24O6. The molecule has 6 nitrogen and oxygen atoms in total. The Balaban J connectivity index is 3.17. The number of phenols is 2. The number of phenolic OH excluding ortho intramolecular Hbond substituents is 1. The molecular weight excluding hydrogens is 336 g/mol. The fourth-order valence-corrected chi connectivity index (χ4v) is 2.40. The smallest absolute Gasteiger partial charge is 0.340 e. The van der Waals surface area contributed by atoms with Crippen LogP contribution in [0.15, 0.2) is 35.4 Å². The second kappa shape index (κ2) is 9.46. The minimum atomic E-state index is -1.40. The SMILES string of the molecule is CC(C)=CCC/C(C)=C/Cc1c(O)cc(/C=C/C(=O)O)c(C(=O)O)c1O. The van der Waals surface area contributed by atoms with Crippen molar-refractivity contribution < 1.29 is 30.0 Å². The zero-order valence-electron chi connectivity index (χ0n) is 15.1. The van der Waals surface area contributed by atoms with Crippen LogP contribution in [0.3, 0.4) is 0 Å². The van der Waals surface area contributed by atoms with Gasteiger partial charge in [-0.3, -0.25) is 0 Å². The Labute approximate surface area is 152 Å². The summed E-state index contributed by atoms with van der Waals surface area (Å²) in [5.74, 6) is -3.51. The summed E-state index contributed by atoms with van der Waals surface area (Å²) in [5, 5.41) is 38.4. The van der Waals surface area contributed by atoms with Crippen LogP contribution in [0.2, 0.25) is 0 Å². The predicted octanol–water partition coefficient (Wildman–Crippen LogP) is 4.13. The second-order valence-corrected chi connectivity index (χ2v) is 6.24. The summed E-state index contributed by atoms with van der Waals surface area (Å²) in [6.45, 7) is 5.96. The van der Waals surface area contributed by atoms with Gasteiger partial charge in [0.25, 0.3) is 0 Å². The van der Waals surface area contributed by atoms with Crippen LogP contribution in [0.5, 0.6) is 11.5 Å². The van der Waals surface area contributed by atoms with Gasteiger partial charge in [-0.05, 0) is 57.7 Å². The van der Waals surface area contributed by atoms with Gasteiger partial charge < -0.3 is 20.4 Å². The van der Waals surface area contributed by atoms with Gasteiger partial charge in [-0.1, -0.05) is 23.3 Å². The highest BCUT2D eigenvalue weighted by atomic mass is 16.4. The Morgan fingerprint density at radius 1 is 1.08 bits per heavy atom. The number of benzene rings is 1. The number of allylic oxidation sites excluding steroid dienone is 4. The van der Waals surface area contributed by atoms with Gasteiger partial charge in [0.05, 0.1) is 0 Å². The number of rotatable bonds is 8. The fraction of sp³-hybridized carbons (Fsp3) is 0.300. The first-order chi connectivity index (χ1) is 12.1. The molecule has 0 aliphatic carbocycles. The molecule has 0 aliphatic rings. The highest BCUT2D eigenvalue weighted by molar-refractivity contribution is 5.98. The molecule has 0 unspecified atom stereocenters. The van der Waals surface area contributed by atoms with Gasteiger partial charge in [-0.2, -0.15) is 0 Å².